The minimum Gasteiger partial charge on any atom is -0.345 e. The molecular formula is C17H24N2O. The first-order valence-corrected chi connectivity index (χ1v) is 7.91. The van der Waals surface area contributed by atoms with Gasteiger partial charge in [0.25, 0.3) is 0 Å². The van der Waals surface area contributed by atoms with Gasteiger partial charge in [0.15, 0.2) is 0 Å². The molecule has 1 saturated heterocycles. The quantitative estimate of drug-likeness (QED) is 0.888. The molecule has 1 aromatic carbocycles. The van der Waals surface area contributed by atoms with Crippen molar-refractivity contribution in [3.05, 3.63) is 35.9 Å². The minimum atomic E-state index is -0.138. The Morgan fingerprint density at radius 1 is 1.10 bits per heavy atom. The van der Waals surface area contributed by atoms with E-state index in [9.17, 15) is 4.79 Å². The number of nitrogens with one attached hydrogen (secondary N) is 2. The van der Waals surface area contributed by atoms with Gasteiger partial charge < -0.3 is 10.6 Å². The molecule has 2 aliphatic rings. The summed E-state index contributed by atoms with van der Waals surface area (Å²) in [5, 5.41) is 6.69. The van der Waals surface area contributed by atoms with Crippen LogP contribution < -0.4 is 10.6 Å². The highest BCUT2D eigenvalue weighted by Gasteiger charge is 2.37. The van der Waals surface area contributed by atoms with Crippen LogP contribution in [-0.4, -0.2) is 18.5 Å². The summed E-state index contributed by atoms with van der Waals surface area (Å²) in [5.41, 5.74) is 1.13. The van der Waals surface area contributed by atoms with Crippen molar-refractivity contribution < 1.29 is 4.79 Å². The van der Waals surface area contributed by atoms with Crippen molar-refractivity contribution in [2.24, 2.45) is 0 Å². The average Bonchev–Trinajstić information content (AvgIpc) is 3.03. The van der Waals surface area contributed by atoms with Gasteiger partial charge in [-0.3, -0.25) is 4.79 Å². The fraction of sp³-hybridized carbons (Fsp3) is 0.588. The molecular weight excluding hydrogens is 248 g/mol. The van der Waals surface area contributed by atoms with Crippen LogP contribution in [0.5, 0.6) is 0 Å². The van der Waals surface area contributed by atoms with Crippen molar-refractivity contribution in [1.29, 1.82) is 0 Å². The highest BCUT2D eigenvalue weighted by Crippen LogP contribution is 2.37. The van der Waals surface area contributed by atoms with E-state index in [4.69, 9.17) is 0 Å². The highest BCUT2D eigenvalue weighted by atomic mass is 16.2. The lowest BCUT2D eigenvalue weighted by Crippen LogP contribution is -2.52. The number of benzene rings is 1. The summed E-state index contributed by atoms with van der Waals surface area (Å²) >= 11 is 0. The topological polar surface area (TPSA) is 41.1 Å². The second-order valence-corrected chi connectivity index (χ2v) is 6.15. The first-order valence-electron chi connectivity index (χ1n) is 7.91. The second kappa shape index (κ2) is 5.96. The Balaban J connectivity index is 1.80. The highest BCUT2D eigenvalue weighted by molar-refractivity contribution is 5.83. The van der Waals surface area contributed by atoms with E-state index in [-0.39, 0.29) is 17.5 Å². The summed E-state index contributed by atoms with van der Waals surface area (Å²) in [7, 11) is 0. The van der Waals surface area contributed by atoms with Crippen LogP contribution in [0, 0.1) is 0 Å². The van der Waals surface area contributed by atoms with Crippen LogP contribution in [0.3, 0.4) is 0 Å². The van der Waals surface area contributed by atoms with Crippen LogP contribution in [0.1, 0.15) is 50.5 Å². The van der Waals surface area contributed by atoms with Gasteiger partial charge in [-0.25, -0.2) is 0 Å². The minimum absolute atomic E-state index is 0.0116. The number of amides is 1. The zero-order valence-corrected chi connectivity index (χ0v) is 12.0. The number of hydrogen-bond acceptors (Lipinski definition) is 2. The molecule has 0 aromatic heterocycles. The summed E-state index contributed by atoms with van der Waals surface area (Å²) in [6, 6.07) is 10.5. The van der Waals surface area contributed by atoms with Crippen LogP contribution in [-0.2, 0) is 10.3 Å². The summed E-state index contributed by atoms with van der Waals surface area (Å²) in [4.78, 5) is 12.5. The molecule has 3 nitrogen and oxygen atoms in total. The van der Waals surface area contributed by atoms with E-state index in [0.29, 0.717) is 0 Å². The van der Waals surface area contributed by atoms with Crippen molar-refractivity contribution in [2.75, 3.05) is 6.54 Å². The number of rotatable bonds is 3. The maximum absolute atomic E-state index is 12.5. The Hall–Kier alpha value is -1.35. The molecule has 1 aliphatic heterocycles. The third-order valence-electron chi connectivity index (χ3n) is 4.77. The molecule has 2 fully saturated rings. The molecule has 1 atom stereocenters. The van der Waals surface area contributed by atoms with Crippen LogP contribution in [0.25, 0.3) is 0 Å². The molecule has 20 heavy (non-hydrogen) atoms. The Morgan fingerprint density at radius 3 is 2.50 bits per heavy atom. The SMILES string of the molecule is O=C(NC1(c2ccccc2)CCCCC1)C1CCCN1. The number of carbonyl (C=O) groups excluding carboxylic acids is 1. The van der Waals surface area contributed by atoms with Crippen molar-refractivity contribution in [3.63, 3.8) is 0 Å². The molecule has 108 valence electrons. The fourth-order valence-corrected chi connectivity index (χ4v) is 3.63. The predicted octanol–water partition coefficient (Wildman–Crippen LogP) is 2.71. The lowest BCUT2D eigenvalue weighted by atomic mass is 9.76. The Labute approximate surface area is 121 Å². The van der Waals surface area contributed by atoms with Gasteiger partial charge in [0.1, 0.15) is 0 Å². The van der Waals surface area contributed by atoms with Gasteiger partial charge in [0, 0.05) is 0 Å². The van der Waals surface area contributed by atoms with Gasteiger partial charge in [-0.1, -0.05) is 49.6 Å². The van der Waals surface area contributed by atoms with Crippen molar-refractivity contribution in [1.82, 2.24) is 10.6 Å². The molecule has 1 aliphatic carbocycles. The van der Waals surface area contributed by atoms with Crippen LogP contribution in [0.4, 0.5) is 0 Å². The van der Waals surface area contributed by atoms with Crippen molar-refractivity contribution in [3.8, 4) is 0 Å². The van der Waals surface area contributed by atoms with Gasteiger partial charge >= 0.3 is 0 Å². The van der Waals surface area contributed by atoms with Crippen LogP contribution in [0.15, 0.2) is 30.3 Å². The van der Waals surface area contributed by atoms with Gasteiger partial charge in [-0.2, -0.15) is 0 Å². The third kappa shape index (κ3) is 2.73. The first kappa shape index (κ1) is 13.6. The summed E-state index contributed by atoms with van der Waals surface area (Å²) in [5.74, 6) is 0.188. The van der Waals surface area contributed by atoms with E-state index in [2.05, 4.69) is 34.9 Å². The zero-order valence-electron chi connectivity index (χ0n) is 12.0. The molecule has 3 rings (SSSR count). The van der Waals surface area contributed by atoms with E-state index in [1.807, 2.05) is 6.07 Å². The zero-order chi connectivity index (χ0) is 13.8. The maximum Gasteiger partial charge on any atom is 0.237 e. The van der Waals surface area contributed by atoms with Crippen molar-refractivity contribution >= 4 is 5.91 Å². The van der Waals surface area contributed by atoms with Gasteiger partial charge in [0.2, 0.25) is 5.91 Å². The summed E-state index contributed by atoms with van der Waals surface area (Å²) in [6.07, 6.45) is 7.89. The van der Waals surface area contributed by atoms with Crippen LogP contribution in [0.2, 0.25) is 0 Å². The molecule has 1 aromatic rings. The van der Waals surface area contributed by atoms with E-state index in [0.717, 1.165) is 32.2 Å². The molecule has 1 saturated carbocycles. The third-order valence-corrected chi connectivity index (χ3v) is 4.77. The molecule has 2 N–H and O–H groups in total. The Kier molecular flexibility index (Phi) is 4.06. The summed E-state index contributed by atoms with van der Waals surface area (Å²) < 4.78 is 0. The van der Waals surface area contributed by atoms with Crippen molar-refractivity contribution in [2.45, 2.75) is 56.5 Å². The first-order chi connectivity index (χ1) is 9.80. The fourth-order valence-electron chi connectivity index (χ4n) is 3.63. The monoisotopic (exact) mass is 272 g/mol. The number of carbonyl (C=O) groups is 1. The van der Waals surface area contributed by atoms with E-state index in [1.165, 1.54) is 24.8 Å². The Morgan fingerprint density at radius 2 is 1.85 bits per heavy atom. The van der Waals surface area contributed by atoms with Gasteiger partial charge in [0.05, 0.1) is 11.6 Å². The lowest BCUT2D eigenvalue weighted by Gasteiger charge is -2.39. The average molecular weight is 272 g/mol. The predicted molar refractivity (Wildman–Crippen MR) is 80.4 cm³/mol. The number of hydrogen-bond donors (Lipinski definition) is 2. The lowest BCUT2D eigenvalue weighted by molar-refractivity contribution is -0.125. The largest absolute Gasteiger partial charge is 0.345 e. The smallest absolute Gasteiger partial charge is 0.237 e. The molecule has 0 spiro atoms. The van der Waals surface area contributed by atoms with E-state index < -0.39 is 0 Å². The molecule has 1 heterocycles. The van der Waals surface area contributed by atoms with Gasteiger partial charge in [-0.05, 0) is 37.8 Å². The normalized spacial score (nSPS) is 25.3. The molecule has 3 heteroatoms. The van der Waals surface area contributed by atoms with Gasteiger partial charge in [-0.15, -0.1) is 0 Å². The Bertz CT molecular complexity index is 445. The summed E-state index contributed by atoms with van der Waals surface area (Å²) in [6.45, 7) is 0.969. The molecule has 1 unspecified atom stereocenters. The van der Waals surface area contributed by atoms with E-state index in [1.54, 1.807) is 0 Å². The second-order valence-electron chi connectivity index (χ2n) is 6.15. The molecule has 0 bridgehead atoms. The molecule has 1 amide bonds. The van der Waals surface area contributed by atoms with Crippen LogP contribution >= 0.6 is 0 Å². The maximum atomic E-state index is 12.5. The molecule has 0 radical (unpaired) electrons. The van der Waals surface area contributed by atoms with E-state index >= 15 is 0 Å². The standard InChI is InChI=1S/C17H24N2O/c20-16(15-10-7-13-18-15)19-17(11-5-2-6-12-17)14-8-3-1-4-9-14/h1,3-4,8-9,15,18H,2,5-7,10-13H2,(H,19,20).